The Balaban J connectivity index is 2.06. The molecule has 0 fully saturated rings. The topological polar surface area (TPSA) is 62.1 Å². The van der Waals surface area contributed by atoms with Crippen LogP contribution in [0.3, 0.4) is 0 Å². The predicted octanol–water partition coefficient (Wildman–Crippen LogP) is 2.20. The van der Waals surface area contributed by atoms with E-state index in [0.29, 0.717) is 6.54 Å². The van der Waals surface area contributed by atoms with E-state index in [-0.39, 0.29) is 6.29 Å². The Morgan fingerprint density at radius 3 is 2.48 bits per heavy atom. The van der Waals surface area contributed by atoms with Crippen molar-refractivity contribution in [2.75, 3.05) is 14.2 Å². The van der Waals surface area contributed by atoms with Crippen LogP contribution in [0, 0.1) is 13.8 Å². The highest BCUT2D eigenvalue weighted by atomic mass is 32.2. The average molecular weight is 308 g/mol. The Morgan fingerprint density at radius 2 is 1.86 bits per heavy atom. The van der Waals surface area contributed by atoms with Gasteiger partial charge in [0.1, 0.15) is 0 Å². The first-order chi connectivity index (χ1) is 10.2. The maximum absolute atomic E-state index is 5.18. The molecule has 0 amide bonds. The zero-order valence-electron chi connectivity index (χ0n) is 12.7. The molecule has 0 saturated heterocycles. The van der Waals surface area contributed by atoms with Crippen LogP contribution in [0.25, 0.3) is 0 Å². The Bertz CT molecular complexity index is 564. The van der Waals surface area contributed by atoms with Gasteiger partial charge in [-0.15, -0.1) is 5.10 Å². The molecule has 0 aliphatic rings. The molecule has 0 N–H and O–H groups in total. The number of methoxy groups -OCH3 is 2. The monoisotopic (exact) mass is 308 g/mol. The molecule has 0 saturated carbocycles. The van der Waals surface area contributed by atoms with Gasteiger partial charge < -0.3 is 9.47 Å². The third-order valence-corrected chi connectivity index (χ3v) is 4.32. The van der Waals surface area contributed by atoms with Crippen LogP contribution in [-0.2, 0) is 21.8 Å². The number of hydrogen-bond donors (Lipinski definition) is 0. The van der Waals surface area contributed by atoms with Crippen molar-refractivity contribution in [2.45, 2.75) is 37.6 Å². The van der Waals surface area contributed by atoms with Gasteiger partial charge >= 0.3 is 0 Å². The normalized spacial score (nSPS) is 11.3. The molecule has 1 aromatic carbocycles. The molecular formula is C14H20N4O2S. The Hall–Kier alpha value is -1.44. The van der Waals surface area contributed by atoms with Gasteiger partial charge in [-0.25, -0.2) is 4.68 Å². The molecule has 114 valence electrons. The van der Waals surface area contributed by atoms with E-state index in [1.807, 2.05) is 0 Å². The first-order valence-electron chi connectivity index (χ1n) is 6.65. The summed E-state index contributed by atoms with van der Waals surface area (Å²) in [6, 6.07) is 6.32. The standard InChI is InChI=1S/C14H20N4O2S/c1-10-6-5-7-11(2)12(10)9-21-14-15-16-17-18(14)8-13(19-3)20-4/h5-7,13H,8-9H2,1-4H3. The summed E-state index contributed by atoms with van der Waals surface area (Å²) in [4.78, 5) is 0. The summed E-state index contributed by atoms with van der Waals surface area (Å²) >= 11 is 1.61. The maximum atomic E-state index is 5.18. The molecule has 0 radical (unpaired) electrons. The van der Waals surface area contributed by atoms with Crippen LogP contribution in [0.1, 0.15) is 16.7 Å². The second-order valence-corrected chi connectivity index (χ2v) is 5.65. The van der Waals surface area contributed by atoms with E-state index in [2.05, 4.69) is 47.6 Å². The van der Waals surface area contributed by atoms with E-state index in [0.717, 1.165) is 10.9 Å². The van der Waals surface area contributed by atoms with Crippen molar-refractivity contribution in [3.05, 3.63) is 34.9 Å². The van der Waals surface area contributed by atoms with Crippen LogP contribution in [0.5, 0.6) is 0 Å². The molecule has 21 heavy (non-hydrogen) atoms. The number of tetrazole rings is 1. The van der Waals surface area contributed by atoms with E-state index < -0.39 is 0 Å². The minimum Gasteiger partial charge on any atom is -0.354 e. The first-order valence-corrected chi connectivity index (χ1v) is 7.64. The summed E-state index contributed by atoms with van der Waals surface area (Å²) in [5.74, 6) is 0.837. The van der Waals surface area contributed by atoms with E-state index in [9.17, 15) is 0 Å². The largest absolute Gasteiger partial charge is 0.354 e. The molecule has 2 aromatic rings. The summed E-state index contributed by atoms with van der Waals surface area (Å²) in [5, 5.41) is 12.5. The Labute approximate surface area is 128 Å². The summed E-state index contributed by atoms with van der Waals surface area (Å²) in [6.45, 7) is 4.71. The van der Waals surface area contributed by atoms with Crippen LogP contribution < -0.4 is 0 Å². The van der Waals surface area contributed by atoms with E-state index in [4.69, 9.17) is 9.47 Å². The summed E-state index contributed by atoms with van der Waals surface area (Å²) < 4.78 is 12.1. The Kier molecular flexibility index (Phi) is 5.72. The van der Waals surface area contributed by atoms with Gasteiger partial charge in [0.15, 0.2) is 6.29 Å². The lowest BCUT2D eigenvalue weighted by atomic mass is 10.1. The fourth-order valence-electron chi connectivity index (χ4n) is 2.01. The van der Waals surface area contributed by atoms with Gasteiger partial charge in [-0.1, -0.05) is 30.0 Å². The van der Waals surface area contributed by atoms with E-state index in [1.165, 1.54) is 16.7 Å². The molecule has 0 unspecified atom stereocenters. The molecule has 1 heterocycles. The number of hydrogen-bond acceptors (Lipinski definition) is 6. The molecule has 0 aliphatic carbocycles. The number of benzene rings is 1. The summed E-state index contributed by atoms with van der Waals surface area (Å²) in [5.41, 5.74) is 3.90. The van der Waals surface area contributed by atoms with Crippen molar-refractivity contribution >= 4 is 11.8 Å². The van der Waals surface area contributed by atoms with Gasteiger partial charge in [0.25, 0.3) is 0 Å². The van der Waals surface area contributed by atoms with Crippen LogP contribution in [0.15, 0.2) is 23.4 Å². The number of aromatic nitrogens is 4. The zero-order chi connectivity index (χ0) is 15.2. The molecular weight excluding hydrogens is 288 g/mol. The van der Waals surface area contributed by atoms with Gasteiger partial charge in [-0.2, -0.15) is 0 Å². The van der Waals surface area contributed by atoms with E-state index in [1.54, 1.807) is 30.7 Å². The van der Waals surface area contributed by atoms with Crippen LogP contribution in [0.4, 0.5) is 0 Å². The lowest BCUT2D eigenvalue weighted by molar-refractivity contribution is -0.113. The Morgan fingerprint density at radius 1 is 1.19 bits per heavy atom. The quantitative estimate of drug-likeness (QED) is 0.577. The highest BCUT2D eigenvalue weighted by Crippen LogP contribution is 2.24. The molecule has 1 aromatic heterocycles. The molecule has 0 spiro atoms. The first kappa shape index (κ1) is 15.9. The molecule has 7 heteroatoms. The van der Waals surface area contributed by atoms with Crippen LogP contribution in [0.2, 0.25) is 0 Å². The average Bonchev–Trinajstić information content (AvgIpc) is 2.91. The number of nitrogens with zero attached hydrogens (tertiary/aromatic N) is 4. The van der Waals surface area contributed by atoms with Crippen molar-refractivity contribution in [1.29, 1.82) is 0 Å². The fraction of sp³-hybridized carbons (Fsp3) is 0.500. The lowest BCUT2D eigenvalue weighted by Gasteiger charge is -2.14. The number of thioether (sulfide) groups is 1. The lowest BCUT2D eigenvalue weighted by Crippen LogP contribution is -2.21. The van der Waals surface area contributed by atoms with Crippen molar-refractivity contribution in [2.24, 2.45) is 0 Å². The van der Waals surface area contributed by atoms with Crippen molar-refractivity contribution in [1.82, 2.24) is 20.2 Å². The van der Waals surface area contributed by atoms with Crippen molar-refractivity contribution in [3.63, 3.8) is 0 Å². The van der Waals surface area contributed by atoms with Gasteiger partial charge in [-0.05, 0) is 41.0 Å². The summed E-state index contributed by atoms with van der Waals surface area (Å²) in [6.07, 6.45) is -0.354. The van der Waals surface area contributed by atoms with Gasteiger partial charge in [0.05, 0.1) is 6.54 Å². The molecule has 0 bridgehead atoms. The number of rotatable bonds is 7. The maximum Gasteiger partial charge on any atom is 0.209 e. The van der Waals surface area contributed by atoms with Gasteiger partial charge in [0, 0.05) is 20.0 Å². The number of aryl methyl sites for hydroxylation is 2. The highest BCUT2D eigenvalue weighted by Gasteiger charge is 2.13. The summed E-state index contributed by atoms with van der Waals surface area (Å²) in [7, 11) is 3.20. The second-order valence-electron chi connectivity index (χ2n) is 4.70. The zero-order valence-corrected chi connectivity index (χ0v) is 13.6. The smallest absolute Gasteiger partial charge is 0.209 e. The van der Waals surface area contributed by atoms with Crippen molar-refractivity contribution in [3.8, 4) is 0 Å². The van der Waals surface area contributed by atoms with Crippen LogP contribution in [-0.4, -0.2) is 40.7 Å². The second kappa shape index (κ2) is 7.53. The minimum atomic E-state index is -0.354. The van der Waals surface area contributed by atoms with E-state index >= 15 is 0 Å². The third-order valence-electron chi connectivity index (χ3n) is 3.34. The third kappa shape index (κ3) is 4.03. The molecule has 6 nitrogen and oxygen atoms in total. The molecule has 0 atom stereocenters. The SMILES string of the molecule is COC(Cn1nnnc1SCc1c(C)cccc1C)OC. The fourth-order valence-corrected chi connectivity index (χ4v) is 3.10. The van der Waals surface area contributed by atoms with Crippen molar-refractivity contribution < 1.29 is 9.47 Å². The molecule has 2 rings (SSSR count). The van der Waals surface area contributed by atoms with Gasteiger partial charge in [-0.3, -0.25) is 0 Å². The van der Waals surface area contributed by atoms with Gasteiger partial charge in [0.2, 0.25) is 5.16 Å². The minimum absolute atomic E-state index is 0.354. The highest BCUT2D eigenvalue weighted by molar-refractivity contribution is 7.98. The predicted molar refractivity (Wildman–Crippen MR) is 81.1 cm³/mol. The van der Waals surface area contributed by atoms with Crippen LogP contribution >= 0.6 is 11.8 Å². The number of ether oxygens (including phenoxy) is 2. The molecule has 0 aliphatic heterocycles.